The molecule has 5 heteroatoms. The third-order valence-electron chi connectivity index (χ3n) is 2.56. The molecule has 1 saturated heterocycles. The first-order valence-corrected chi connectivity index (χ1v) is 4.80. The third kappa shape index (κ3) is 2.67. The quantitative estimate of drug-likeness (QED) is 0.602. The first kappa shape index (κ1) is 11.4. The molecule has 1 heterocycles. The van der Waals surface area contributed by atoms with Gasteiger partial charge in [0.25, 0.3) is 0 Å². The SMILES string of the molecule is COCCC(=O)N(C)C1CNCC1O. The molecule has 2 N–H and O–H groups in total. The standard InChI is InChI=1S/C9H18N2O3/c1-11(9(13)3-4-14-2)7-5-10-6-8(7)12/h7-8,10,12H,3-6H2,1-2H3. The van der Waals surface area contributed by atoms with Crippen molar-refractivity contribution in [3.63, 3.8) is 0 Å². The summed E-state index contributed by atoms with van der Waals surface area (Å²) in [6.07, 6.45) is -0.0811. The number of carbonyl (C=O) groups excluding carboxylic acids is 1. The zero-order valence-corrected chi connectivity index (χ0v) is 8.69. The van der Waals surface area contributed by atoms with E-state index in [1.165, 1.54) is 0 Å². The summed E-state index contributed by atoms with van der Waals surface area (Å²) in [7, 11) is 3.29. The minimum Gasteiger partial charge on any atom is -0.390 e. The molecule has 0 bridgehead atoms. The second-order valence-corrected chi connectivity index (χ2v) is 3.54. The highest BCUT2D eigenvalue weighted by atomic mass is 16.5. The summed E-state index contributed by atoms with van der Waals surface area (Å²) < 4.78 is 4.83. The second-order valence-electron chi connectivity index (χ2n) is 3.54. The molecule has 0 aromatic heterocycles. The number of aliphatic hydroxyl groups excluding tert-OH is 1. The summed E-state index contributed by atoms with van der Waals surface area (Å²) in [6.45, 7) is 1.66. The number of aliphatic hydroxyl groups is 1. The van der Waals surface area contributed by atoms with Gasteiger partial charge in [0.1, 0.15) is 0 Å². The fraction of sp³-hybridized carbons (Fsp3) is 0.889. The lowest BCUT2D eigenvalue weighted by molar-refractivity contribution is -0.134. The van der Waals surface area contributed by atoms with Crippen molar-refractivity contribution in [3.8, 4) is 0 Å². The summed E-state index contributed by atoms with van der Waals surface area (Å²) in [5.74, 6) is 0.0135. The monoisotopic (exact) mass is 202 g/mol. The summed E-state index contributed by atoms with van der Waals surface area (Å²) in [6, 6.07) is -0.0978. The van der Waals surface area contributed by atoms with Crippen molar-refractivity contribution in [3.05, 3.63) is 0 Å². The Labute approximate surface area is 84.0 Å². The van der Waals surface area contributed by atoms with E-state index in [0.717, 1.165) is 0 Å². The van der Waals surface area contributed by atoms with E-state index in [2.05, 4.69) is 5.32 Å². The van der Waals surface area contributed by atoms with Gasteiger partial charge in [-0.05, 0) is 0 Å². The fourth-order valence-electron chi connectivity index (χ4n) is 1.60. The molecular formula is C9H18N2O3. The predicted molar refractivity (Wildman–Crippen MR) is 51.9 cm³/mol. The lowest BCUT2D eigenvalue weighted by Crippen LogP contribution is -2.44. The van der Waals surface area contributed by atoms with Crippen molar-refractivity contribution in [2.24, 2.45) is 0 Å². The van der Waals surface area contributed by atoms with Gasteiger partial charge in [0, 0.05) is 27.2 Å². The summed E-state index contributed by atoms with van der Waals surface area (Å²) in [5.41, 5.74) is 0. The van der Waals surface area contributed by atoms with E-state index in [1.54, 1.807) is 19.1 Å². The molecule has 0 saturated carbocycles. The average Bonchev–Trinajstić information content (AvgIpc) is 2.59. The zero-order valence-electron chi connectivity index (χ0n) is 8.69. The highest BCUT2D eigenvalue weighted by Gasteiger charge is 2.30. The van der Waals surface area contributed by atoms with Crippen molar-refractivity contribution >= 4 is 5.91 Å². The molecule has 0 aromatic carbocycles. The first-order chi connectivity index (χ1) is 6.66. The molecule has 2 unspecified atom stereocenters. The number of nitrogens with one attached hydrogen (secondary N) is 1. The van der Waals surface area contributed by atoms with Crippen LogP contribution in [0.3, 0.4) is 0 Å². The van der Waals surface area contributed by atoms with Crippen LogP contribution >= 0.6 is 0 Å². The van der Waals surface area contributed by atoms with Crippen LogP contribution in [0.15, 0.2) is 0 Å². The van der Waals surface area contributed by atoms with E-state index in [0.29, 0.717) is 26.1 Å². The number of ether oxygens (including phenoxy) is 1. The number of hydrogen-bond donors (Lipinski definition) is 2. The number of likely N-dealkylation sites (N-methyl/N-ethyl adjacent to an activating group) is 1. The lowest BCUT2D eigenvalue weighted by atomic mass is 10.2. The molecule has 82 valence electrons. The van der Waals surface area contributed by atoms with Crippen LogP contribution in [0.4, 0.5) is 0 Å². The Bertz CT molecular complexity index is 198. The van der Waals surface area contributed by atoms with E-state index in [9.17, 15) is 9.90 Å². The van der Waals surface area contributed by atoms with Gasteiger partial charge in [-0.2, -0.15) is 0 Å². The Morgan fingerprint density at radius 3 is 2.86 bits per heavy atom. The minimum atomic E-state index is -0.452. The molecule has 2 atom stereocenters. The highest BCUT2D eigenvalue weighted by molar-refractivity contribution is 5.76. The Hall–Kier alpha value is -0.650. The number of β-amino-alcohol motifs (C(OH)–C–C–N with tert-alkyl or cyclic N) is 1. The molecule has 0 spiro atoms. The maximum atomic E-state index is 11.5. The number of rotatable bonds is 4. The molecule has 5 nitrogen and oxygen atoms in total. The number of hydrogen-bond acceptors (Lipinski definition) is 4. The fourth-order valence-corrected chi connectivity index (χ4v) is 1.60. The van der Waals surface area contributed by atoms with Crippen LogP contribution in [-0.4, -0.2) is 61.9 Å². The van der Waals surface area contributed by atoms with Gasteiger partial charge in [0.15, 0.2) is 0 Å². The van der Waals surface area contributed by atoms with Crippen molar-refractivity contribution in [1.29, 1.82) is 0 Å². The van der Waals surface area contributed by atoms with Gasteiger partial charge in [0.2, 0.25) is 5.91 Å². The molecule has 1 aliphatic rings. The summed E-state index contributed by atoms with van der Waals surface area (Å²) in [5, 5.41) is 12.6. The van der Waals surface area contributed by atoms with E-state index in [4.69, 9.17) is 4.74 Å². The molecule has 1 aliphatic heterocycles. The van der Waals surface area contributed by atoms with Crippen LogP contribution in [0.5, 0.6) is 0 Å². The third-order valence-corrected chi connectivity index (χ3v) is 2.56. The molecule has 0 aromatic rings. The van der Waals surface area contributed by atoms with Crippen LogP contribution in [-0.2, 0) is 9.53 Å². The Balaban J connectivity index is 2.39. The number of nitrogens with zero attached hydrogens (tertiary/aromatic N) is 1. The van der Waals surface area contributed by atoms with Gasteiger partial charge in [0.05, 0.1) is 25.2 Å². The highest BCUT2D eigenvalue weighted by Crippen LogP contribution is 2.08. The van der Waals surface area contributed by atoms with E-state index in [-0.39, 0.29) is 11.9 Å². The molecular weight excluding hydrogens is 184 g/mol. The number of methoxy groups -OCH3 is 1. The van der Waals surface area contributed by atoms with Crippen molar-refractivity contribution in [2.75, 3.05) is 33.9 Å². The first-order valence-electron chi connectivity index (χ1n) is 4.80. The normalized spacial score (nSPS) is 26.5. The van der Waals surface area contributed by atoms with Gasteiger partial charge >= 0.3 is 0 Å². The van der Waals surface area contributed by atoms with Crippen molar-refractivity contribution < 1.29 is 14.6 Å². The number of carbonyl (C=O) groups is 1. The molecule has 1 rings (SSSR count). The Morgan fingerprint density at radius 2 is 2.36 bits per heavy atom. The van der Waals surface area contributed by atoms with Crippen LogP contribution in [0.1, 0.15) is 6.42 Å². The van der Waals surface area contributed by atoms with Gasteiger partial charge < -0.3 is 20.1 Å². The van der Waals surface area contributed by atoms with Gasteiger partial charge in [-0.25, -0.2) is 0 Å². The average molecular weight is 202 g/mol. The molecule has 1 fully saturated rings. The number of amides is 1. The molecule has 0 radical (unpaired) electrons. The topological polar surface area (TPSA) is 61.8 Å². The van der Waals surface area contributed by atoms with Crippen LogP contribution in [0, 0.1) is 0 Å². The maximum absolute atomic E-state index is 11.5. The van der Waals surface area contributed by atoms with Crippen LogP contribution in [0.2, 0.25) is 0 Å². The van der Waals surface area contributed by atoms with E-state index >= 15 is 0 Å². The smallest absolute Gasteiger partial charge is 0.225 e. The summed E-state index contributed by atoms with van der Waals surface area (Å²) >= 11 is 0. The maximum Gasteiger partial charge on any atom is 0.225 e. The molecule has 14 heavy (non-hydrogen) atoms. The van der Waals surface area contributed by atoms with Crippen LogP contribution in [0.25, 0.3) is 0 Å². The lowest BCUT2D eigenvalue weighted by Gasteiger charge is -2.26. The van der Waals surface area contributed by atoms with Gasteiger partial charge in [-0.3, -0.25) is 4.79 Å². The van der Waals surface area contributed by atoms with E-state index in [1.807, 2.05) is 0 Å². The van der Waals surface area contributed by atoms with Gasteiger partial charge in [-0.1, -0.05) is 0 Å². The van der Waals surface area contributed by atoms with Crippen LogP contribution < -0.4 is 5.32 Å². The summed E-state index contributed by atoms with van der Waals surface area (Å²) in [4.78, 5) is 13.1. The molecule has 0 aliphatic carbocycles. The van der Waals surface area contributed by atoms with Crippen molar-refractivity contribution in [1.82, 2.24) is 10.2 Å². The predicted octanol–water partition coefficient (Wildman–Crippen LogP) is -1.19. The zero-order chi connectivity index (χ0) is 10.6. The minimum absolute atomic E-state index is 0.0135. The van der Waals surface area contributed by atoms with Crippen molar-refractivity contribution in [2.45, 2.75) is 18.6 Å². The Kier molecular flexibility index (Phi) is 4.31. The van der Waals surface area contributed by atoms with E-state index < -0.39 is 6.10 Å². The Morgan fingerprint density at radius 1 is 1.64 bits per heavy atom. The largest absolute Gasteiger partial charge is 0.390 e. The van der Waals surface area contributed by atoms with Gasteiger partial charge in [-0.15, -0.1) is 0 Å². The molecule has 1 amide bonds. The second kappa shape index (κ2) is 5.29.